The lowest BCUT2D eigenvalue weighted by molar-refractivity contribution is 0.122. The summed E-state index contributed by atoms with van der Waals surface area (Å²) < 4.78 is 28.6. The fourth-order valence-corrected chi connectivity index (χ4v) is 5.65. The topological polar surface area (TPSA) is 81.8 Å². The molecule has 2 aromatic heterocycles. The number of methoxy groups -OCH3 is 1. The average molecular weight is 608 g/mol. The molecule has 11 heteroatoms. The predicted octanol–water partition coefficient (Wildman–Crippen LogP) is 6.07. The summed E-state index contributed by atoms with van der Waals surface area (Å²) >= 11 is 6.63. The van der Waals surface area contributed by atoms with E-state index in [4.69, 9.17) is 21.1 Å². The van der Waals surface area contributed by atoms with Crippen LogP contribution in [0.5, 0.6) is 5.75 Å². The normalized spacial score (nSPS) is 14.2. The molecule has 0 radical (unpaired) electrons. The molecule has 0 saturated carbocycles. The minimum atomic E-state index is -0.953. The van der Waals surface area contributed by atoms with E-state index in [1.165, 1.54) is 28.4 Å². The molecule has 0 aliphatic carbocycles. The van der Waals surface area contributed by atoms with Gasteiger partial charge in [0, 0.05) is 74.0 Å². The Hall–Kier alpha value is -4.15. The van der Waals surface area contributed by atoms with Gasteiger partial charge in [-0.2, -0.15) is 0 Å². The second kappa shape index (κ2) is 11.9. The summed E-state index contributed by atoms with van der Waals surface area (Å²) in [7, 11) is 2.85. The van der Waals surface area contributed by atoms with Gasteiger partial charge in [-0.1, -0.05) is 17.7 Å². The van der Waals surface area contributed by atoms with Crippen LogP contribution in [0.15, 0.2) is 59.8 Å². The van der Waals surface area contributed by atoms with Gasteiger partial charge in [-0.05, 0) is 63.6 Å². The summed E-state index contributed by atoms with van der Waals surface area (Å²) in [6, 6.07) is 9.50. The molecule has 43 heavy (non-hydrogen) atoms. The molecule has 9 nitrogen and oxygen atoms in total. The Morgan fingerprint density at radius 3 is 2.23 bits per heavy atom. The molecule has 0 atom stereocenters. The highest BCUT2D eigenvalue weighted by Gasteiger charge is 2.27. The highest BCUT2D eigenvalue weighted by atomic mass is 35.5. The van der Waals surface area contributed by atoms with Crippen molar-refractivity contribution in [2.45, 2.75) is 33.2 Å². The van der Waals surface area contributed by atoms with Crippen LogP contribution in [0.25, 0.3) is 27.9 Å². The van der Waals surface area contributed by atoms with Gasteiger partial charge in [0.2, 0.25) is 0 Å². The number of carbonyl (C=O) groups excluding carboxylic acids is 1. The third-order valence-electron chi connectivity index (χ3n) is 7.81. The molecular weight excluding hydrogens is 573 g/mol. The maximum absolute atomic E-state index is 15.3. The molecule has 1 aliphatic rings. The average Bonchev–Trinajstić information content (AvgIpc) is 3.30. The van der Waals surface area contributed by atoms with Gasteiger partial charge in [-0.15, -0.1) is 0 Å². The van der Waals surface area contributed by atoms with Crippen molar-refractivity contribution >= 4 is 23.4 Å². The first kappa shape index (κ1) is 30.3. The maximum atomic E-state index is 15.3. The molecule has 0 unspecified atom stereocenters. The molecule has 4 aromatic rings. The first-order valence-corrected chi connectivity index (χ1v) is 14.4. The lowest BCUT2D eigenvalue weighted by Gasteiger charge is -2.43. The number of aryl methyl sites for hydroxylation is 2. The van der Waals surface area contributed by atoms with Gasteiger partial charge in [0.1, 0.15) is 11.6 Å². The number of aromatic nitrogens is 3. The Kier molecular flexibility index (Phi) is 8.36. The van der Waals surface area contributed by atoms with Gasteiger partial charge in [-0.25, -0.2) is 14.0 Å². The molecule has 0 bridgehead atoms. The molecule has 0 spiro atoms. The van der Waals surface area contributed by atoms with Crippen LogP contribution in [0, 0.1) is 12.7 Å². The second-order valence-electron chi connectivity index (χ2n) is 11.6. The van der Waals surface area contributed by atoms with Crippen molar-refractivity contribution in [3.8, 4) is 33.7 Å². The van der Waals surface area contributed by atoms with Crippen LogP contribution >= 0.6 is 11.6 Å². The number of ether oxygens (including phenoxy) is 2. The van der Waals surface area contributed by atoms with E-state index in [-0.39, 0.29) is 27.6 Å². The number of rotatable bonds is 5. The summed E-state index contributed by atoms with van der Waals surface area (Å²) in [4.78, 5) is 34.3. The number of imidazole rings is 1. The van der Waals surface area contributed by atoms with E-state index < -0.39 is 12.0 Å². The van der Waals surface area contributed by atoms with Crippen molar-refractivity contribution in [3.63, 3.8) is 0 Å². The van der Waals surface area contributed by atoms with Crippen molar-refractivity contribution in [1.82, 2.24) is 19.0 Å². The van der Waals surface area contributed by atoms with Crippen LogP contribution in [-0.2, 0) is 11.8 Å². The molecule has 1 fully saturated rings. The van der Waals surface area contributed by atoms with Crippen molar-refractivity contribution in [2.75, 3.05) is 38.2 Å². The number of nitrogens with zero attached hydrogens (tertiary/aromatic N) is 5. The number of carbonyl (C=O) groups is 1. The molecule has 1 aliphatic heterocycles. The smallest absolute Gasteiger partial charge is 0.437 e. The van der Waals surface area contributed by atoms with Crippen LogP contribution in [0.1, 0.15) is 26.5 Å². The molecule has 0 amide bonds. The first-order valence-electron chi connectivity index (χ1n) is 14.0. The number of piperazine rings is 1. The summed E-state index contributed by atoms with van der Waals surface area (Å²) in [5, 5.41) is 0.259. The number of anilines is 1. The van der Waals surface area contributed by atoms with Crippen molar-refractivity contribution in [1.29, 1.82) is 0 Å². The molecule has 5 rings (SSSR count). The Bertz CT molecular complexity index is 1730. The lowest BCUT2D eigenvalue weighted by Crippen LogP contribution is -2.53. The van der Waals surface area contributed by atoms with Crippen LogP contribution in [0.4, 0.5) is 14.9 Å². The fraction of sp³-hybridized carbons (Fsp3) is 0.344. The van der Waals surface area contributed by atoms with E-state index in [0.29, 0.717) is 22.4 Å². The van der Waals surface area contributed by atoms with Gasteiger partial charge in [0.15, 0.2) is 0 Å². The van der Waals surface area contributed by atoms with E-state index in [2.05, 4.69) is 35.6 Å². The minimum Gasteiger partial charge on any atom is -0.437 e. The molecule has 0 N–H and O–H groups in total. The number of hydrogen-bond acceptors (Lipinski definition) is 7. The van der Waals surface area contributed by atoms with Crippen LogP contribution < -0.4 is 15.3 Å². The number of benzene rings is 2. The van der Waals surface area contributed by atoms with Gasteiger partial charge in [0.05, 0.1) is 29.2 Å². The predicted molar refractivity (Wildman–Crippen MR) is 166 cm³/mol. The molecule has 3 heterocycles. The highest BCUT2D eigenvalue weighted by molar-refractivity contribution is 6.32. The van der Waals surface area contributed by atoms with E-state index in [9.17, 15) is 9.59 Å². The van der Waals surface area contributed by atoms with Crippen molar-refractivity contribution in [3.05, 3.63) is 82.0 Å². The lowest BCUT2D eigenvalue weighted by atomic mass is 9.96. The first-order chi connectivity index (χ1) is 20.4. The van der Waals surface area contributed by atoms with E-state index in [0.717, 1.165) is 37.6 Å². The third-order valence-corrected chi connectivity index (χ3v) is 8.11. The summed E-state index contributed by atoms with van der Waals surface area (Å²) in [5.41, 5.74) is 3.74. The van der Waals surface area contributed by atoms with Gasteiger partial charge >= 0.3 is 11.8 Å². The van der Waals surface area contributed by atoms with Crippen LogP contribution in [0.3, 0.4) is 0 Å². The van der Waals surface area contributed by atoms with Crippen molar-refractivity contribution in [2.24, 2.45) is 7.05 Å². The number of pyridine rings is 1. The molecule has 2 aromatic carbocycles. The molecule has 226 valence electrons. The van der Waals surface area contributed by atoms with Gasteiger partial charge in [0.25, 0.3) is 0 Å². The standard InChI is InChI=1S/C32H35ClFN5O4/c1-20-28(37-10-12-38(13-11-37)32(2,3)4)16-22(19-35-20)25-18-23(34)17-24(29(25)43-31(41)42-6)21-7-8-27(26(33)15-21)39-14-9-36(5)30(39)40/h7-9,14-19H,10-13H2,1-6H3. The molecular formula is C32H35ClFN5O4. The summed E-state index contributed by atoms with van der Waals surface area (Å²) in [6.45, 7) is 12.0. The van der Waals surface area contributed by atoms with Gasteiger partial charge < -0.3 is 18.9 Å². The Balaban J connectivity index is 1.59. The Labute approximate surface area is 255 Å². The zero-order valence-electron chi connectivity index (χ0n) is 25.1. The van der Waals surface area contributed by atoms with E-state index >= 15 is 4.39 Å². The zero-order valence-corrected chi connectivity index (χ0v) is 25.9. The summed E-state index contributed by atoms with van der Waals surface area (Å²) in [5.74, 6) is -0.439. The third kappa shape index (κ3) is 6.16. The monoisotopic (exact) mass is 607 g/mol. The number of halogens is 2. The number of hydrogen-bond donors (Lipinski definition) is 0. The van der Waals surface area contributed by atoms with Crippen molar-refractivity contribution < 1.29 is 18.7 Å². The minimum absolute atomic E-state index is 0.0808. The highest BCUT2D eigenvalue weighted by Crippen LogP contribution is 2.42. The van der Waals surface area contributed by atoms with E-state index in [1.54, 1.807) is 43.8 Å². The fourth-order valence-electron chi connectivity index (χ4n) is 5.38. The Morgan fingerprint density at radius 1 is 0.977 bits per heavy atom. The largest absolute Gasteiger partial charge is 0.513 e. The van der Waals surface area contributed by atoms with E-state index in [1.807, 2.05) is 13.0 Å². The second-order valence-corrected chi connectivity index (χ2v) is 12.0. The SMILES string of the molecule is COC(=O)Oc1c(-c2ccc(-n3ccn(C)c3=O)c(Cl)c2)cc(F)cc1-c1cnc(C)c(N2CCN(C(C)(C)C)CC2)c1. The molecule has 1 saturated heterocycles. The quantitative estimate of drug-likeness (QED) is 0.201. The zero-order chi connectivity index (χ0) is 31.1. The Morgan fingerprint density at radius 2 is 1.65 bits per heavy atom. The van der Waals surface area contributed by atoms with Gasteiger partial charge in [-0.3, -0.25) is 14.5 Å². The van der Waals surface area contributed by atoms with Crippen LogP contribution in [0.2, 0.25) is 5.02 Å². The summed E-state index contributed by atoms with van der Waals surface area (Å²) in [6.07, 6.45) is 3.93. The van der Waals surface area contributed by atoms with Crippen LogP contribution in [-0.4, -0.2) is 64.0 Å². The maximum Gasteiger partial charge on any atom is 0.513 e.